The molecule has 0 fully saturated rings. The molecule has 0 atom stereocenters. The van der Waals surface area contributed by atoms with Crippen molar-refractivity contribution >= 4 is 40.6 Å². The van der Waals surface area contributed by atoms with Crippen molar-refractivity contribution in [1.82, 2.24) is 5.43 Å². The van der Waals surface area contributed by atoms with Gasteiger partial charge in [-0.3, -0.25) is 0 Å². The van der Waals surface area contributed by atoms with E-state index in [0.29, 0.717) is 21.4 Å². The fraction of sp³-hybridized carbons (Fsp3) is 0. The third kappa shape index (κ3) is 4.85. The fourth-order valence-electron chi connectivity index (χ4n) is 2.30. The van der Waals surface area contributed by atoms with Crippen molar-refractivity contribution in [3.8, 4) is 0 Å². The maximum absolute atomic E-state index is 12.1. The molecule has 3 rings (SSSR count). The molecule has 4 nitrogen and oxygen atoms in total. The molecule has 0 saturated carbocycles. The van der Waals surface area contributed by atoms with E-state index in [4.69, 9.17) is 23.2 Å². The Hall–Kier alpha value is -2.82. The predicted octanol–water partition coefficient (Wildman–Crippen LogP) is 5.57. The van der Waals surface area contributed by atoms with Crippen molar-refractivity contribution in [3.63, 3.8) is 0 Å². The van der Waals surface area contributed by atoms with Gasteiger partial charge in [-0.1, -0.05) is 65.7 Å². The van der Waals surface area contributed by atoms with Gasteiger partial charge in [0.05, 0.1) is 5.71 Å². The number of urea groups is 1. The molecule has 2 N–H and O–H groups in total. The molecule has 0 aliphatic rings. The molecule has 6 heteroatoms. The lowest BCUT2D eigenvalue weighted by atomic mass is 10.0. The molecule has 0 saturated heterocycles. The van der Waals surface area contributed by atoms with E-state index in [1.54, 1.807) is 36.4 Å². The number of carbonyl (C=O) groups excluding carboxylic acids is 1. The van der Waals surface area contributed by atoms with Crippen LogP contribution in [0.3, 0.4) is 0 Å². The second-order valence-corrected chi connectivity index (χ2v) is 6.28. The van der Waals surface area contributed by atoms with Crippen LogP contribution in [-0.2, 0) is 0 Å². The highest BCUT2D eigenvalue weighted by molar-refractivity contribution is 6.31. The van der Waals surface area contributed by atoms with Crippen molar-refractivity contribution < 1.29 is 4.79 Å². The van der Waals surface area contributed by atoms with Crippen molar-refractivity contribution in [3.05, 3.63) is 100 Å². The first-order valence-electron chi connectivity index (χ1n) is 7.83. The SMILES string of the molecule is O=C(NN=C(c1ccccc1)c1ccc(Cl)cc1)Nc1ccc(Cl)cc1. The number of amides is 2. The zero-order chi connectivity index (χ0) is 18.4. The van der Waals surface area contributed by atoms with E-state index in [9.17, 15) is 4.79 Å². The molecular weight excluding hydrogens is 369 g/mol. The summed E-state index contributed by atoms with van der Waals surface area (Å²) in [6, 6.07) is 23.2. The summed E-state index contributed by atoms with van der Waals surface area (Å²) >= 11 is 11.8. The van der Waals surface area contributed by atoms with E-state index in [0.717, 1.165) is 11.1 Å². The van der Waals surface area contributed by atoms with Gasteiger partial charge in [-0.15, -0.1) is 0 Å². The number of nitrogens with zero attached hydrogens (tertiary/aromatic N) is 1. The number of hydrogen-bond acceptors (Lipinski definition) is 2. The van der Waals surface area contributed by atoms with Crippen LogP contribution in [0.2, 0.25) is 10.0 Å². The molecular formula is C20H15Cl2N3O. The second-order valence-electron chi connectivity index (χ2n) is 5.41. The Balaban J connectivity index is 1.81. The lowest BCUT2D eigenvalue weighted by molar-refractivity contribution is 0.252. The lowest BCUT2D eigenvalue weighted by Gasteiger charge is -2.09. The maximum Gasteiger partial charge on any atom is 0.339 e. The molecule has 2 amide bonds. The van der Waals surface area contributed by atoms with Crippen LogP contribution >= 0.6 is 23.2 Å². The van der Waals surface area contributed by atoms with Crippen molar-refractivity contribution in [2.75, 3.05) is 5.32 Å². The van der Waals surface area contributed by atoms with Gasteiger partial charge in [0, 0.05) is 26.9 Å². The van der Waals surface area contributed by atoms with Crippen LogP contribution in [0.1, 0.15) is 11.1 Å². The van der Waals surface area contributed by atoms with E-state index in [1.807, 2.05) is 42.5 Å². The summed E-state index contributed by atoms with van der Waals surface area (Å²) in [5, 5.41) is 8.23. The van der Waals surface area contributed by atoms with E-state index in [2.05, 4.69) is 15.8 Å². The largest absolute Gasteiger partial charge is 0.339 e. The monoisotopic (exact) mass is 383 g/mol. The van der Waals surface area contributed by atoms with Gasteiger partial charge in [0.15, 0.2) is 0 Å². The highest BCUT2D eigenvalue weighted by Gasteiger charge is 2.08. The van der Waals surface area contributed by atoms with Crippen LogP contribution in [-0.4, -0.2) is 11.7 Å². The van der Waals surface area contributed by atoms with Gasteiger partial charge in [0.2, 0.25) is 0 Å². The van der Waals surface area contributed by atoms with Gasteiger partial charge in [-0.2, -0.15) is 5.10 Å². The Morgan fingerprint density at radius 2 is 1.27 bits per heavy atom. The minimum Gasteiger partial charge on any atom is -0.307 e. The molecule has 130 valence electrons. The Kier molecular flexibility index (Phi) is 5.89. The highest BCUT2D eigenvalue weighted by Crippen LogP contribution is 2.15. The zero-order valence-electron chi connectivity index (χ0n) is 13.6. The van der Waals surface area contributed by atoms with E-state index < -0.39 is 6.03 Å². The molecule has 3 aromatic rings. The topological polar surface area (TPSA) is 53.5 Å². The van der Waals surface area contributed by atoms with Gasteiger partial charge in [0.1, 0.15) is 0 Å². The van der Waals surface area contributed by atoms with Crippen molar-refractivity contribution in [2.45, 2.75) is 0 Å². The number of rotatable bonds is 4. The maximum atomic E-state index is 12.1. The van der Waals surface area contributed by atoms with Crippen molar-refractivity contribution in [2.24, 2.45) is 5.10 Å². The summed E-state index contributed by atoms with van der Waals surface area (Å²) in [6.07, 6.45) is 0. The minimum atomic E-state index is -0.449. The standard InChI is InChI=1S/C20H15Cl2N3O/c21-16-8-6-15(7-9-16)19(14-4-2-1-3-5-14)24-25-20(26)23-18-12-10-17(22)11-13-18/h1-13H,(H2,23,25,26). The normalized spacial score (nSPS) is 11.1. The Morgan fingerprint density at radius 3 is 1.88 bits per heavy atom. The first-order valence-corrected chi connectivity index (χ1v) is 8.59. The minimum absolute atomic E-state index is 0.449. The van der Waals surface area contributed by atoms with Crippen LogP contribution in [0, 0.1) is 0 Å². The van der Waals surface area contributed by atoms with E-state index >= 15 is 0 Å². The van der Waals surface area contributed by atoms with Gasteiger partial charge >= 0.3 is 6.03 Å². The first-order chi connectivity index (χ1) is 12.6. The third-order valence-electron chi connectivity index (χ3n) is 3.54. The number of carbonyl (C=O) groups is 1. The van der Waals surface area contributed by atoms with Crippen LogP contribution in [0.5, 0.6) is 0 Å². The summed E-state index contributed by atoms with van der Waals surface area (Å²) in [7, 11) is 0. The number of benzene rings is 3. The first kappa shape index (κ1) is 18.0. The number of halogens is 2. The predicted molar refractivity (Wildman–Crippen MR) is 107 cm³/mol. The molecule has 0 aliphatic carbocycles. The molecule has 26 heavy (non-hydrogen) atoms. The number of hydrazone groups is 1. The number of nitrogens with one attached hydrogen (secondary N) is 2. The third-order valence-corrected chi connectivity index (χ3v) is 4.04. The summed E-state index contributed by atoms with van der Waals surface area (Å²) in [5.41, 5.74) is 5.50. The molecule has 0 aromatic heterocycles. The van der Waals surface area contributed by atoms with Gasteiger partial charge in [-0.05, 0) is 36.4 Å². The van der Waals surface area contributed by atoms with Gasteiger partial charge in [-0.25, -0.2) is 10.2 Å². The smallest absolute Gasteiger partial charge is 0.307 e. The van der Waals surface area contributed by atoms with Gasteiger partial charge in [0.25, 0.3) is 0 Å². The number of hydrogen-bond donors (Lipinski definition) is 2. The molecule has 0 aliphatic heterocycles. The molecule has 0 radical (unpaired) electrons. The van der Waals surface area contributed by atoms with Crippen LogP contribution < -0.4 is 10.7 Å². The Labute approximate surface area is 161 Å². The second kappa shape index (κ2) is 8.52. The summed E-state index contributed by atoms with van der Waals surface area (Å²) < 4.78 is 0. The summed E-state index contributed by atoms with van der Waals surface area (Å²) in [4.78, 5) is 12.1. The lowest BCUT2D eigenvalue weighted by Crippen LogP contribution is -2.26. The van der Waals surface area contributed by atoms with Crippen LogP contribution in [0.15, 0.2) is 84.0 Å². The highest BCUT2D eigenvalue weighted by atomic mass is 35.5. The quantitative estimate of drug-likeness (QED) is 0.449. The van der Waals surface area contributed by atoms with E-state index in [-0.39, 0.29) is 0 Å². The summed E-state index contributed by atoms with van der Waals surface area (Å²) in [5.74, 6) is 0. The number of anilines is 1. The average molecular weight is 384 g/mol. The van der Waals surface area contributed by atoms with Crippen molar-refractivity contribution in [1.29, 1.82) is 0 Å². The van der Waals surface area contributed by atoms with Crippen LogP contribution in [0.25, 0.3) is 0 Å². The molecule has 0 heterocycles. The Morgan fingerprint density at radius 1 is 0.731 bits per heavy atom. The average Bonchev–Trinajstić information content (AvgIpc) is 2.66. The van der Waals surface area contributed by atoms with E-state index in [1.165, 1.54) is 0 Å². The fourth-order valence-corrected chi connectivity index (χ4v) is 2.55. The molecule has 3 aromatic carbocycles. The molecule has 0 spiro atoms. The summed E-state index contributed by atoms with van der Waals surface area (Å²) in [6.45, 7) is 0. The van der Waals surface area contributed by atoms with Crippen LogP contribution in [0.4, 0.5) is 10.5 Å². The Bertz CT molecular complexity index is 908. The molecule has 0 unspecified atom stereocenters. The molecule has 0 bridgehead atoms. The van der Waals surface area contributed by atoms with Gasteiger partial charge < -0.3 is 5.32 Å². The zero-order valence-corrected chi connectivity index (χ0v) is 15.1.